The van der Waals surface area contributed by atoms with Crippen molar-refractivity contribution in [3.05, 3.63) is 16.4 Å². The molecule has 1 aliphatic rings. The molecule has 23 heavy (non-hydrogen) atoms. The molecule has 0 spiro atoms. The summed E-state index contributed by atoms with van der Waals surface area (Å²) in [6.07, 6.45) is 1.76. The number of amides is 1. The molecule has 8 heteroatoms. The van der Waals surface area contributed by atoms with Gasteiger partial charge in [-0.25, -0.2) is 0 Å². The summed E-state index contributed by atoms with van der Waals surface area (Å²) in [6.45, 7) is 4.91. The van der Waals surface area contributed by atoms with Crippen LogP contribution in [0.5, 0.6) is 0 Å². The van der Waals surface area contributed by atoms with Crippen molar-refractivity contribution < 1.29 is 19.4 Å². The third-order valence-corrected chi connectivity index (χ3v) is 4.52. The number of ether oxygens (including phenoxy) is 1. The van der Waals surface area contributed by atoms with E-state index in [4.69, 9.17) is 21.4 Å². The van der Waals surface area contributed by atoms with Crippen LogP contribution in [0.2, 0.25) is 5.02 Å². The molecule has 2 rings (SSSR count). The zero-order valence-corrected chi connectivity index (χ0v) is 14.2. The minimum Gasteiger partial charge on any atom is -0.481 e. The van der Waals surface area contributed by atoms with Crippen molar-refractivity contribution in [2.75, 3.05) is 19.7 Å². The highest BCUT2D eigenvalue weighted by Crippen LogP contribution is 2.19. The molecule has 1 atom stereocenters. The topological polar surface area (TPSA) is 84.7 Å². The predicted molar refractivity (Wildman–Crippen MR) is 84.5 cm³/mol. The molecule has 1 N–H and O–H groups in total. The molecule has 1 amide bonds. The van der Waals surface area contributed by atoms with E-state index in [1.807, 2.05) is 0 Å². The zero-order valence-electron chi connectivity index (χ0n) is 13.4. The fourth-order valence-corrected chi connectivity index (χ4v) is 2.78. The number of rotatable bonds is 7. The Morgan fingerprint density at radius 3 is 2.74 bits per heavy atom. The van der Waals surface area contributed by atoms with Gasteiger partial charge in [-0.05, 0) is 26.7 Å². The van der Waals surface area contributed by atoms with Crippen LogP contribution in [0.1, 0.15) is 30.7 Å². The Bertz CT molecular complexity index is 582. The Labute approximate surface area is 140 Å². The third kappa shape index (κ3) is 4.68. The van der Waals surface area contributed by atoms with E-state index in [1.54, 1.807) is 23.4 Å². The van der Waals surface area contributed by atoms with Gasteiger partial charge in [-0.3, -0.25) is 14.3 Å². The smallest absolute Gasteiger partial charge is 0.305 e. The molecule has 2 heterocycles. The quantitative estimate of drug-likeness (QED) is 0.813. The van der Waals surface area contributed by atoms with Gasteiger partial charge in [0.1, 0.15) is 6.54 Å². The number of aryl methyl sites for hydroxylation is 1. The van der Waals surface area contributed by atoms with Gasteiger partial charge < -0.3 is 14.7 Å². The fourth-order valence-electron chi connectivity index (χ4n) is 2.64. The van der Waals surface area contributed by atoms with Crippen LogP contribution in [0.4, 0.5) is 0 Å². The first-order valence-corrected chi connectivity index (χ1v) is 8.07. The van der Waals surface area contributed by atoms with Crippen LogP contribution in [0.15, 0.2) is 0 Å². The van der Waals surface area contributed by atoms with Crippen molar-refractivity contribution in [1.29, 1.82) is 0 Å². The Morgan fingerprint density at radius 1 is 1.48 bits per heavy atom. The highest BCUT2D eigenvalue weighted by molar-refractivity contribution is 6.31. The molecule has 0 aromatic carbocycles. The van der Waals surface area contributed by atoms with Gasteiger partial charge >= 0.3 is 5.97 Å². The Kier molecular flexibility index (Phi) is 6.01. The van der Waals surface area contributed by atoms with Crippen LogP contribution in [-0.4, -0.2) is 57.5 Å². The Morgan fingerprint density at radius 2 is 2.22 bits per heavy atom. The largest absolute Gasteiger partial charge is 0.481 e. The molecular formula is C15H22ClN3O4. The van der Waals surface area contributed by atoms with E-state index in [0.717, 1.165) is 18.5 Å². The average molecular weight is 344 g/mol. The molecule has 1 aromatic rings. The van der Waals surface area contributed by atoms with Crippen molar-refractivity contribution in [2.24, 2.45) is 0 Å². The first-order valence-electron chi connectivity index (χ1n) is 7.69. The summed E-state index contributed by atoms with van der Waals surface area (Å²) in [4.78, 5) is 24.9. The van der Waals surface area contributed by atoms with E-state index in [9.17, 15) is 9.59 Å². The molecule has 128 valence electrons. The van der Waals surface area contributed by atoms with Crippen LogP contribution in [0.3, 0.4) is 0 Å². The number of carbonyl (C=O) groups excluding carboxylic acids is 1. The summed E-state index contributed by atoms with van der Waals surface area (Å²) in [5.74, 6) is -1.10. The molecule has 1 aromatic heterocycles. The number of aliphatic carboxylic acids is 1. The molecule has 1 unspecified atom stereocenters. The van der Waals surface area contributed by atoms with E-state index < -0.39 is 5.97 Å². The molecule has 7 nitrogen and oxygen atoms in total. The normalized spacial score (nSPS) is 17.4. The number of nitrogens with zero attached hydrogens (tertiary/aromatic N) is 3. The molecular weight excluding hydrogens is 322 g/mol. The lowest BCUT2D eigenvalue weighted by Crippen LogP contribution is -2.40. The van der Waals surface area contributed by atoms with E-state index in [1.165, 1.54) is 0 Å². The zero-order chi connectivity index (χ0) is 17.0. The number of halogens is 1. The van der Waals surface area contributed by atoms with Crippen LogP contribution in [0, 0.1) is 13.8 Å². The Hall–Kier alpha value is -1.60. The number of hydrogen-bond acceptors (Lipinski definition) is 4. The van der Waals surface area contributed by atoms with E-state index in [-0.39, 0.29) is 31.5 Å². The van der Waals surface area contributed by atoms with Crippen molar-refractivity contribution in [3.8, 4) is 0 Å². The van der Waals surface area contributed by atoms with Crippen LogP contribution in [-0.2, 0) is 20.9 Å². The highest BCUT2D eigenvalue weighted by atomic mass is 35.5. The molecule has 0 bridgehead atoms. The number of carbonyl (C=O) groups is 2. The van der Waals surface area contributed by atoms with Crippen LogP contribution < -0.4 is 0 Å². The molecule has 1 fully saturated rings. The van der Waals surface area contributed by atoms with Crippen molar-refractivity contribution in [2.45, 2.75) is 45.8 Å². The monoisotopic (exact) mass is 343 g/mol. The van der Waals surface area contributed by atoms with Gasteiger partial charge in [0.25, 0.3) is 0 Å². The number of aromatic nitrogens is 2. The van der Waals surface area contributed by atoms with Gasteiger partial charge in [-0.1, -0.05) is 11.6 Å². The van der Waals surface area contributed by atoms with E-state index in [0.29, 0.717) is 23.9 Å². The molecule has 0 radical (unpaired) electrons. The minimum absolute atomic E-state index is 0.0169. The lowest BCUT2D eigenvalue weighted by molar-refractivity contribution is -0.139. The first kappa shape index (κ1) is 17.7. The summed E-state index contributed by atoms with van der Waals surface area (Å²) in [7, 11) is 0. The highest BCUT2D eigenvalue weighted by Gasteiger charge is 2.24. The van der Waals surface area contributed by atoms with Crippen molar-refractivity contribution >= 4 is 23.5 Å². The van der Waals surface area contributed by atoms with E-state index >= 15 is 0 Å². The maximum atomic E-state index is 12.6. The number of carboxylic acid groups (broad SMARTS) is 1. The summed E-state index contributed by atoms with van der Waals surface area (Å²) in [5.41, 5.74) is 1.40. The number of carboxylic acids is 1. The van der Waals surface area contributed by atoms with Gasteiger partial charge in [-0.2, -0.15) is 5.10 Å². The molecule has 1 aliphatic heterocycles. The minimum atomic E-state index is -0.927. The SMILES string of the molecule is Cc1nn(CC(=O)N(CCC(=O)O)CC2CCCO2)c(C)c1Cl. The Balaban J connectivity index is 2.04. The second-order valence-electron chi connectivity index (χ2n) is 5.76. The molecule has 0 aliphatic carbocycles. The lowest BCUT2D eigenvalue weighted by atomic mass is 10.2. The van der Waals surface area contributed by atoms with Gasteiger partial charge in [0.05, 0.1) is 28.9 Å². The van der Waals surface area contributed by atoms with Crippen molar-refractivity contribution in [1.82, 2.24) is 14.7 Å². The predicted octanol–water partition coefficient (Wildman–Crippen LogP) is 1.64. The first-order chi connectivity index (χ1) is 10.9. The van der Waals surface area contributed by atoms with E-state index in [2.05, 4.69) is 5.10 Å². The van der Waals surface area contributed by atoms with Crippen molar-refractivity contribution in [3.63, 3.8) is 0 Å². The summed E-state index contributed by atoms with van der Waals surface area (Å²) in [5, 5.41) is 13.7. The standard InChI is InChI=1S/C15H22ClN3O4/c1-10-15(16)11(2)19(17-10)9-13(20)18(6-5-14(21)22)8-12-4-3-7-23-12/h12H,3-9H2,1-2H3,(H,21,22). The summed E-state index contributed by atoms with van der Waals surface area (Å²) < 4.78 is 7.11. The third-order valence-electron chi connectivity index (χ3n) is 3.97. The molecule has 0 saturated carbocycles. The van der Waals surface area contributed by atoms with Gasteiger partial charge in [-0.15, -0.1) is 0 Å². The van der Waals surface area contributed by atoms with Gasteiger partial charge in [0.15, 0.2) is 0 Å². The van der Waals surface area contributed by atoms with Crippen LogP contribution >= 0.6 is 11.6 Å². The maximum Gasteiger partial charge on any atom is 0.305 e. The fraction of sp³-hybridized carbons (Fsp3) is 0.667. The summed E-state index contributed by atoms with van der Waals surface area (Å²) >= 11 is 6.10. The summed E-state index contributed by atoms with van der Waals surface area (Å²) in [6, 6.07) is 0. The number of hydrogen-bond donors (Lipinski definition) is 1. The second kappa shape index (κ2) is 7.79. The van der Waals surface area contributed by atoms with Gasteiger partial charge in [0.2, 0.25) is 5.91 Å². The second-order valence-corrected chi connectivity index (χ2v) is 6.14. The van der Waals surface area contributed by atoms with Crippen LogP contribution in [0.25, 0.3) is 0 Å². The lowest BCUT2D eigenvalue weighted by Gasteiger charge is -2.25. The molecule has 1 saturated heterocycles. The van der Waals surface area contributed by atoms with Gasteiger partial charge in [0, 0.05) is 19.7 Å². The maximum absolute atomic E-state index is 12.6. The average Bonchev–Trinajstić information content (AvgIpc) is 3.08.